The van der Waals surface area contributed by atoms with Gasteiger partial charge >= 0.3 is 0 Å². The molecule has 3 rings (SSSR count). The molecule has 0 spiro atoms. The van der Waals surface area contributed by atoms with Crippen LogP contribution in [-0.2, 0) is 6.54 Å². The van der Waals surface area contributed by atoms with E-state index in [1.165, 1.54) is 43.4 Å². The molecule has 1 aliphatic carbocycles. The molecule has 0 saturated heterocycles. The first-order chi connectivity index (χ1) is 9.78. The number of hydrogen-bond acceptors (Lipinski definition) is 4. The number of thiophene rings is 1. The number of hydrogen-bond donors (Lipinski definition) is 2. The van der Waals surface area contributed by atoms with Gasteiger partial charge in [0.05, 0.1) is 12.1 Å². The Morgan fingerprint density at radius 2 is 2.30 bits per heavy atom. The standard InChI is InChI=1S/C15H21N3OS/c1-2-10-5-3-4-6-11(10)16-9-13-17-12-7-8-20-14(12)15(19)18-13/h7-8,10-11,16H,2-6,9H2,1H3,(H,17,18,19). The van der Waals surface area contributed by atoms with Crippen LogP contribution in [0.2, 0.25) is 0 Å². The number of aromatic amines is 1. The smallest absolute Gasteiger partial charge is 0.268 e. The lowest BCUT2D eigenvalue weighted by atomic mass is 9.83. The maximum absolute atomic E-state index is 11.9. The van der Waals surface area contributed by atoms with E-state index in [4.69, 9.17) is 0 Å². The van der Waals surface area contributed by atoms with Gasteiger partial charge in [-0.2, -0.15) is 0 Å². The van der Waals surface area contributed by atoms with Gasteiger partial charge in [-0.25, -0.2) is 4.98 Å². The minimum Gasteiger partial charge on any atom is -0.308 e. The molecule has 108 valence electrons. The third-order valence-electron chi connectivity index (χ3n) is 4.33. The van der Waals surface area contributed by atoms with Crippen LogP contribution in [0.5, 0.6) is 0 Å². The Hall–Kier alpha value is -1.20. The minimum atomic E-state index is -0.0162. The first-order valence-electron chi connectivity index (χ1n) is 7.47. The monoisotopic (exact) mass is 291 g/mol. The second kappa shape index (κ2) is 6.06. The van der Waals surface area contributed by atoms with E-state index in [1.54, 1.807) is 0 Å². The van der Waals surface area contributed by atoms with Crippen molar-refractivity contribution < 1.29 is 0 Å². The average Bonchev–Trinajstić information content (AvgIpc) is 2.94. The highest BCUT2D eigenvalue weighted by Gasteiger charge is 2.23. The number of aromatic nitrogens is 2. The number of rotatable bonds is 4. The van der Waals surface area contributed by atoms with Crippen molar-refractivity contribution in [3.05, 3.63) is 27.6 Å². The van der Waals surface area contributed by atoms with Gasteiger partial charge in [0, 0.05) is 6.04 Å². The summed E-state index contributed by atoms with van der Waals surface area (Å²) < 4.78 is 0.720. The average molecular weight is 291 g/mol. The molecular weight excluding hydrogens is 270 g/mol. The van der Waals surface area contributed by atoms with Gasteiger partial charge in [-0.1, -0.05) is 26.2 Å². The van der Waals surface area contributed by atoms with E-state index in [0.29, 0.717) is 12.6 Å². The summed E-state index contributed by atoms with van der Waals surface area (Å²) >= 11 is 1.45. The molecule has 5 heteroatoms. The highest BCUT2D eigenvalue weighted by molar-refractivity contribution is 7.17. The minimum absolute atomic E-state index is 0.0162. The Balaban J connectivity index is 1.71. The first-order valence-corrected chi connectivity index (χ1v) is 8.35. The fourth-order valence-electron chi connectivity index (χ4n) is 3.20. The van der Waals surface area contributed by atoms with E-state index < -0.39 is 0 Å². The molecule has 2 atom stereocenters. The van der Waals surface area contributed by atoms with E-state index in [9.17, 15) is 4.79 Å². The summed E-state index contributed by atoms with van der Waals surface area (Å²) in [5, 5.41) is 5.51. The Morgan fingerprint density at radius 3 is 3.15 bits per heavy atom. The summed E-state index contributed by atoms with van der Waals surface area (Å²) in [6, 6.07) is 2.48. The molecule has 0 aliphatic heterocycles. The molecule has 2 heterocycles. The molecule has 1 saturated carbocycles. The Kier molecular flexibility index (Phi) is 4.17. The topological polar surface area (TPSA) is 57.8 Å². The van der Waals surface area contributed by atoms with Gasteiger partial charge in [-0.15, -0.1) is 11.3 Å². The molecule has 2 aromatic rings. The molecule has 0 bridgehead atoms. The van der Waals surface area contributed by atoms with E-state index in [-0.39, 0.29) is 5.56 Å². The van der Waals surface area contributed by atoms with Crippen molar-refractivity contribution in [2.24, 2.45) is 5.92 Å². The summed E-state index contributed by atoms with van der Waals surface area (Å²) in [6.07, 6.45) is 6.45. The van der Waals surface area contributed by atoms with Crippen LogP contribution in [0.25, 0.3) is 10.2 Å². The van der Waals surface area contributed by atoms with E-state index in [2.05, 4.69) is 22.2 Å². The highest BCUT2D eigenvalue weighted by atomic mass is 32.1. The number of nitrogens with one attached hydrogen (secondary N) is 2. The van der Waals surface area contributed by atoms with Crippen LogP contribution in [0.3, 0.4) is 0 Å². The Bertz CT molecular complexity index is 633. The van der Waals surface area contributed by atoms with Gasteiger partial charge in [-0.05, 0) is 30.2 Å². The van der Waals surface area contributed by atoms with Gasteiger partial charge < -0.3 is 10.3 Å². The molecule has 4 nitrogen and oxygen atoms in total. The number of fused-ring (bicyclic) bond motifs is 1. The fourth-order valence-corrected chi connectivity index (χ4v) is 3.92. The molecule has 1 aliphatic rings. The van der Waals surface area contributed by atoms with Gasteiger partial charge in [0.1, 0.15) is 10.5 Å². The van der Waals surface area contributed by atoms with Crippen molar-refractivity contribution in [2.45, 2.75) is 51.6 Å². The van der Waals surface area contributed by atoms with Crippen molar-refractivity contribution in [2.75, 3.05) is 0 Å². The van der Waals surface area contributed by atoms with Crippen LogP contribution in [0.1, 0.15) is 44.9 Å². The lowest BCUT2D eigenvalue weighted by Crippen LogP contribution is -2.38. The second-order valence-corrected chi connectivity index (χ2v) is 6.50. The van der Waals surface area contributed by atoms with Crippen LogP contribution in [0.4, 0.5) is 0 Å². The predicted octanol–water partition coefficient (Wildman–Crippen LogP) is 3.04. The second-order valence-electron chi connectivity index (χ2n) is 5.59. The fraction of sp³-hybridized carbons (Fsp3) is 0.600. The van der Waals surface area contributed by atoms with Crippen LogP contribution in [0.15, 0.2) is 16.2 Å². The van der Waals surface area contributed by atoms with Crippen LogP contribution < -0.4 is 10.9 Å². The molecule has 2 N–H and O–H groups in total. The number of nitrogens with zero attached hydrogens (tertiary/aromatic N) is 1. The zero-order chi connectivity index (χ0) is 13.9. The normalized spacial score (nSPS) is 23.2. The maximum Gasteiger partial charge on any atom is 0.268 e. The summed E-state index contributed by atoms with van der Waals surface area (Å²) in [6.45, 7) is 2.92. The third kappa shape index (κ3) is 2.79. The molecule has 20 heavy (non-hydrogen) atoms. The summed E-state index contributed by atoms with van der Waals surface area (Å²) in [5.74, 6) is 1.52. The van der Waals surface area contributed by atoms with E-state index in [1.807, 2.05) is 11.4 Å². The summed E-state index contributed by atoms with van der Waals surface area (Å²) in [4.78, 5) is 19.3. The predicted molar refractivity (Wildman–Crippen MR) is 83.1 cm³/mol. The highest BCUT2D eigenvalue weighted by Crippen LogP contribution is 2.26. The molecule has 0 radical (unpaired) electrons. The first kappa shape index (κ1) is 13.8. The molecule has 0 amide bonds. The van der Waals surface area contributed by atoms with Crippen molar-refractivity contribution >= 4 is 21.6 Å². The number of H-pyrrole nitrogens is 1. The van der Waals surface area contributed by atoms with Gasteiger partial charge in [0.25, 0.3) is 5.56 Å². The van der Waals surface area contributed by atoms with Gasteiger partial charge in [-0.3, -0.25) is 4.79 Å². The van der Waals surface area contributed by atoms with E-state index >= 15 is 0 Å². The largest absolute Gasteiger partial charge is 0.308 e. The lowest BCUT2D eigenvalue weighted by molar-refractivity contribution is 0.253. The van der Waals surface area contributed by atoms with Crippen LogP contribution in [0, 0.1) is 5.92 Å². The Morgan fingerprint density at radius 1 is 1.45 bits per heavy atom. The van der Waals surface area contributed by atoms with Crippen molar-refractivity contribution in [1.29, 1.82) is 0 Å². The van der Waals surface area contributed by atoms with Crippen molar-refractivity contribution in [1.82, 2.24) is 15.3 Å². The lowest BCUT2D eigenvalue weighted by Gasteiger charge is -2.31. The Labute approximate surface area is 122 Å². The maximum atomic E-state index is 11.9. The van der Waals surface area contributed by atoms with Gasteiger partial charge in [0.15, 0.2) is 0 Å². The molecule has 2 unspecified atom stereocenters. The van der Waals surface area contributed by atoms with Crippen molar-refractivity contribution in [3.63, 3.8) is 0 Å². The molecule has 0 aromatic carbocycles. The zero-order valence-electron chi connectivity index (χ0n) is 11.8. The van der Waals surface area contributed by atoms with E-state index in [0.717, 1.165) is 22.0 Å². The molecule has 1 fully saturated rings. The van der Waals surface area contributed by atoms with Crippen LogP contribution >= 0.6 is 11.3 Å². The SMILES string of the molecule is CCC1CCCCC1NCc1nc2ccsc2c(=O)[nH]1. The quantitative estimate of drug-likeness (QED) is 0.910. The molecule has 2 aromatic heterocycles. The van der Waals surface area contributed by atoms with Gasteiger partial charge in [0.2, 0.25) is 0 Å². The zero-order valence-corrected chi connectivity index (χ0v) is 12.6. The van der Waals surface area contributed by atoms with Crippen molar-refractivity contribution in [3.8, 4) is 0 Å². The summed E-state index contributed by atoms with van der Waals surface area (Å²) in [5.41, 5.74) is 0.795. The molecular formula is C15H21N3OS. The third-order valence-corrected chi connectivity index (χ3v) is 5.23. The van der Waals surface area contributed by atoms with Crippen LogP contribution in [-0.4, -0.2) is 16.0 Å². The summed E-state index contributed by atoms with van der Waals surface area (Å²) in [7, 11) is 0.